The predicted molar refractivity (Wildman–Crippen MR) is 81.3 cm³/mol. The molecule has 19 heavy (non-hydrogen) atoms. The maximum atomic E-state index is 5.53. The van der Waals surface area contributed by atoms with Crippen molar-refractivity contribution in [3.05, 3.63) is 23.8 Å². The van der Waals surface area contributed by atoms with E-state index in [0.717, 1.165) is 18.0 Å². The Balaban J connectivity index is 1.92. The minimum absolute atomic E-state index is 0.649. The zero-order valence-electron chi connectivity index (χ0n) is 11.8. The lowest BCUT2D eigenvalue weighted by molar-refractivity contribution is 0.310. The average Bonchev–Trinajstić information content (AvgIpc) is 2.47. The van der Waals surface area contributed by atoms with E-state index in [2.05, 4.69) is 17.4 Å². The van der Waals surface area contributed by atoms with Crippen LogP contribution in [0.4, 0.5) is 0 Å². The second kappa shape index (κ2) is 7.65. The molecule has 1 fully saturated rings. The lowest BCUT2D eigenvalue weighted by Crippen LogP contribution is -2.33. The van der Waals surface area contributed by atoms with Gasteiger partial charge in [0.25, 0.3) is 0 Å². The van der Waals surface area contributed by atoms with Gasteiger partial charge in [0, 0.05) is 18.3 Å². The van der Waals surface area contributed by atoms with Crippen molar-refractivity contribution in [3.63, 3.8) is 0 Å². The van der Waals surface area contributed by atoms with Crippen LogP contribution in [-0.4, -0.2) is 31.3 Å². The third kappa shape index (κ3) is 4.32. The largest absolute Gasteiger partial charge is 0.493 e. The summed E-state index contributed by atoms with van der Waals surface area (Å²) < 4.78 is 10.9. The molecule has 2 rings (SSSR count). The molecule has 0 aromatic heterocycles. The number of methoxy groups -OCH3 is 1. The Morgan fingerprint density at radius 2 is 2.26 bits per heavy atom. The van der Waals surface area contributed by atoms with Gasteiger partial charge in [-0.3, -0.25) is 0 Å². The predicted octanol–water partition coefficient (Wildman–Crippen LogP) is 3.08. The summed E-state index contributed by atoms with van der Waals surface area (Å²) >= 11 is 2.05. The smallest absolute Gasteiger partial charge is 0.161 e. The molecule has 0 radical (unpaired) electrons. The van der Waals surface area contributed by atoms with Gasteiger partial charge in [0.2, 0.25) is 0 Å². The van der Waals surface area contributed by atoms with E-state index in [1.54, 1.807) is 7.11 Å². The first-order valence-electron chi connectivity index (χ1n) is 6.94. The summed E-state index contributed by atoms with van der Waals surface area (Å²) in [4.78, 5) is 0. The number of hydrogen-bond acceptors (Lipinski definition) is 4. The first kappa shape index (κ1) is 14.5. The first-order valence-corrected chi connectivity index (χ1v) is 8.09. The van der Waals surface area contributed by atoms with Crippen LogP contribution in [0.25, 0.3) is 0 Å². The van der Waals surface area contributed by atoms with Gasteiger partial charge in [-0.15, -0.1) is 0 Å². The van der Waals surface area contributed by atoms with E-state index in [1.165, 1.54) is 29.9 Å². The van der Waals surface area contributed by atoms with Crippen molar-refractivity contribution >= 4 is 11.8 Å². The zero-order chi connectivity index (χ0) is 13.5. The summed E-state index contributed by atoms with van der Waals surface area (Å²) in [7, 11) is 1.69. The van der Waals surface area contributed by atoms with Crippen molar-refractivity contribution in [2.24, 2.45) is 0 Å². The summed E-state index contributed by atoms with van der Waals surface area (Å²) in [6, 6.07) is 6.82. The molecule has 1 unspecified atom stereocenters. The third-order valence-corrected chi connectivity index (χ3v) is 4.50. The highest BCUT2D eigenvalue weighted by atomic mass is 32.2. The fourth-order valence-electron chi connectivity index (χ4n) is 2.26. The molecule has 0 saturated carbocycles. The quantitative estimate of drug-likeness (QED) is 0.868. The number of ether oxygens (including phenoxy) is 2. The lowest BCUT2D eigenvalue weighted by Gasteiger charge is -2.22. The van der Waals surface area contributed by atoms with Crippen molar-refractivity contribution in [2.45, 2.75) is 32.4 Å². The van der Waals surface area contributed by atoms with Gasteiger partial charge in [0.15, 0.2) is 11.5 Å². The normalized spacial score (nSPS) is 19.2. The van der Waals surface area contributed by atoms with Crippen LogP contribution >= 0.6 is 11.8 Å². The van der Waals surface area contributed by atoms with Crippen molar-refractivity contribution in [2.75, 3.05) is 25.2 Å². The van der Waals surface area contributed by atoms with Gasteiger partial charge < -0.3 is 14.8 Å². The summed E-state index contributed by atoms with van der Waals surface area (Å²) in [5.74, 6) is 4.18. The van der Waals surface area contributed by atoms with Crippen LogP contribution < -0.4 is 14.8 Å². The Kier molecular flexibility index (Phi) is 5.86. The molecule has 1 N–H and O–H groups in total. The highest BCUT2D eigenvalue weighted by molar-refractivity contribution is 7.99. The van der Waals surface area contributed by atoms with E-state index < -0.39 is 0 Å². The molecule has 1 heterocycles. The second-order valence-corrected chi connectivity index (χ2v) is 5.86. The molecule has 0 amide bonds. The summed E-state index contributed by atoms with van der Waals surface area (Å²) in [5.41, 5.74) is 1.25. The molecule has 1 aliphatic heterocycles. The van der Waals surface area contributed by atoms with Crippen LogP contribution in [0.15, 0.2) is 18.2 Å². The van der Waals surface area contributed by atoms with Crippen LogP contribution in [0, 0.1) is 0 Å². The van der Waals surface area contributed by atoms with E-state index in [-0.39, 0.29) is 0 Å². The Bertz CT molecular complexity index is 392. The molecule has 1 atom stereocenters. The van der Waals surface area contributed by atoms with E-state index in [0.29, 0.717) is 12.6 Å². The number of nitrogens with one attached hydrogen (secondary N) is 1. The summed E-state index contributed by atoms with van der Waals surface area (Å²) in [6.45, 7) is 3.54. The topological polar surface area (TPSA) is 30.5 Å². The Morgan fingerprint density at radius 1 is 1.37 bits per heavy atom. The molecule has 1 aromatic carbocycles. The monoisotopic (exact) mass is 281 g/mol. The molecular weight excluding hydrogens is 258 g/mol. The molecule has 0 bridgehead atoms. The van der Waals surface area contributed by atoms with Crippen molar-refractivity contribution in [3.8, 4) is 11.5 Å². The van der Waals surface area contributed by atoms with Crippen LogP contribution in [-0.2, 0) is 6.54 Å². The number of rotatable bonds is 6. The Hall–Kier alpha value is -0.870. The zero-order valence-corrected chi connectivity index (χ0v) is 12.6. The summed E-state index contributed by atoms with van der Waals surface area (Å²) in [5, 5.41) is 3.62. The molecule has 1 aromatic rings. The lowest BCUT2D eigenvalue weighted by atomic mass is 10.1. The van der Waals surface area contributed by atoms with E-state index >= 15 is 0 Å². The maximum absolute atomic E-state index is 5.53. The minimum Gasteiger partial charge on any atom is -0.493 e. The van der Waals surface area contributed by atoms with Crippen molar-refractivity contribution in [1.29, 1.82) is 0 Å². The molecule has 0 aliphatic carbocycles. The number of benzene rings is 1. The van der Waals surface area contributed by atoms with Crippen LogP contribution in [0.2, 0.25) is 0 Å². The Labute approximate surface area is 120 Å². The van der Waals surface area contributed by atoms with Gasteiger partial charge >= 0.3 is 0 Å². The van der Waals surface area contributed by atoms with E-state index in [9.17, 15) is 0 Å². The van der Waals surface area contributed by atoms with Crippen LogP contribution in [0.5, 0.6) is 11.5 Å². The van der Waals surface area contributed by atoms with Gasteiger partial charge in [-0.05, 0) is 43.2 Å². The van der Waals surface area contributed by atoms with Crippen LogP contribution in [0.1, 0.15) is 25.3 Å². The Morgan fingerprint density at radius 3 is 2.95 bits per heavy atom. The van der Waals surface area contributed by atoms with E-state index in [1.807, 2.05) is 24.8 Å². The van der Waals surface area contributed by atoms with Gasteiger partial charge in [-0.25, -0.2) is 0 Å². The van der Waals surface area contributed by atoms with Gasteiger partial charge in [-0.2, -0.15) is 11.8 Å². The van der Waals surface area contributed by atoms with Gasteiger partial charge in [0.1, 0.15) is 0 Å². The molecule has 1 aliphatic rings. The standard InChI is InChI=1S/C15H23NO2S/c1-3-18-14-7-6-12(9-15(14)17-2)10-16-13-5-4-8-19-11-13/h6-7,9,13,16H,3-5,8,10-11H2,1-2H3. The van der Waals surface area contributed by atoms with Crippen molar-refractivity contribution < 1.29 is 9.47 Å². The highest BCUT2D eigenvalue weighted by Gasteiger charge is 2.13. The molecule has 4 heteroatoms. The molecule has 1 saturated heterocycles. The number of thioether (sulfide) groups is 1. The van der Waals surface area contributed by atoms with Crippen LogP contribution in [0.3, 0.4) is 0 Å². The minimum atomic E-state index is 0.649. The number of hydrogen-bond donors (Lipinski definition) is 1. The fraction of sp³-hybridized carbons (Fsp3) is 0.600. The molecule has 106 valence electrons. The van der Waals surface area contributed by atoms with Crippen molar-refractivity contribution in [1.82, 2.24) is 5.32 Å². The van der Waals surface area contributed by atoms with E-state index in [4.69, 9.17) is 9.47 Å². The molecule has 0 spiro atoms. The average molecular weight is 281 g/mol. The SMILES string of the molecule is CCOc1ccc(CNC2CCCSC2)cc1OC. The third-order valence-electron chi connectivity index (χ3n) is 3.28. The molecular formula is C15H23NO2S. The fourth-order valence-corrected chi connectivity index (χ4v) is 3.37. The summed E-state index contributed by atoms with van der Waals surface area (Å²) in [6.07, 6.45) is 2.62. The van der Waals surface area contributed by atoms with Gasteiger partial charge in [-0.1, -0.05) is 6.07 Å². The first-order chi connectivity index (χ1) is 9.33. The second-order valence-electron chi connectivity index (χ2n) is 4.71. The maximum Gasteiger partial charge on any atom is 0.161 e. The highest BCUT2D eigenvalue weighted by Crippen LogP contribution is 2.28. The van der Waals surface area contributed by atoms with Gasteiger partial charge in [0.05, 0.1) is 13.7 Å². The molecule has 3 nitrogen and oxygen atoms in total.